The minimum absolute atomic E-state index is 0.00647. The van der Waals surface area contributed by atoms with Crippen LogP contribution in [0.4, 0.5) is 50.3 Å². The molecule has 0 unspecified atom stereocenters. The van der Waals surface area contributed by atoms with E-state index in [0.29, 0.717) is 112 Å². The van der Waals surface area contributed by atoms with Crippen LogP contribution in [0.5, 0.6) is 17.2 Å². The molecule has 150 heavy (non-hydrogen) atoms. The Morgan fingerprint density at radius 2 is 0.727 bits per heavy atom. The molecule has 0 aliphatic carbocycles. The van der Waals surface area contributed by atoms with Gasteiger partial charge in [0.1, 0.15) is 35.7 Å². The Balaban J connectivity index is 0.000000150. The molecule has 18 rings (SSSR count). The number of aromatic nitrogens is 1. The molecule has 33 heteroatoms. The lowest BCUT2D eigenvalue weighted by molar-refractivity contribution is -0.137. The molecule has 12 aromatic rings. The van der Waals surface area contributed by atoms with Crippen LogP contribution in [0.1, 0.15) is 207 Å². The minimum Gasteiger partial charge on any atom is -0.494 e. The van der Waals surface area contributed by atoms with Crippen molar-refractivity contribution in [2.75, 3.05) is 112 Å². The van der Waals surface area contributed by atoms with Crippen LogP contribution in [-0.4, -0.2) is 183 Å². The maximum atomic E-state index is 13.9. The van der Waals surface area contributed by atoms with Crippen molar-refractivity contribution in [1.82, 2.24) is 15.0 Å². The smallest absolute Gasteiger partial charge is 0.409 e. The number of piperidine rings is 1. The lowest BCUT2D eigenvalue weighted by Crippen LogP contribution is -2.47. The summed E-state index contributed by atoms with van der Waals surface area (Å²) in [6, 6.07) is 81.4. The topological polar surface area (TPSA) is 305 Å². The van der Waals surface area contributed by atoms with Crippen LogP contribution < -0.4 is 53.4 Å². The number of para-hydroxylation sites is 4. The fourth-order valence-corrected chi connectivity index (χ4v) is 20.9. The Morgan fingerprint density at radius 3 is 1.05 bits per heavy atom. The molecule has 2 fully saturated rings. The molecule has 6 aliphatic heterocycles. The van der Waals surface area contributed by atoms with Gasteiger partial charge in [-0.3, -0.25) is 48.1 Å². The highest BCUT2D eigenvalue weighted by Crippen LogP contribution is 2.49. The number of anilines is 8. The van der Waals surface area contributed by atoms with Crippen LogP contribution in [0.3, 0.4) is 0 Å². The second-order valence-corrected chi connectivity index (χ2v) is 39.4. The first kappa shape index (κ1) is 110. The van der Waals surface area contributed by atoms with E-state index in [1.807, 2.05) is 219 Å². The number of nitrogens with zero attached hydrogens (tertiary/aromatic N) is 11. The Hall–Kier alpha value is -14.4. The highest BCUT2D eigenvalue weighted by atomic mass is 35.5. The number of morpholine rings is 1. The summed E-state index contributed by atoms with van der Waals surface area (Å²) in [4.78, 5) is 147. The standard InChI is InChI=1S/C33H36ClN3O5.C31H34ClN3O4.C29H29ClN2O5.C24H24ClN3O4/c1-4-41-33(40)35-19-17-28(18-20-35)42-27-15-9-24(10-16-27)32(39)36-22(2)21-31(29-7-5-6-8-30(29)36)37(23(3)38)26-13-11-25(34)12-14-26;1-22-21-30(35(23(2)36)26-11-9-25(32)10-12-26)28-5-3-4-6-29(28)34(22)31(37)24-7-13-27(14-8-24)39-20-17-33-15-18-38-19-16-33;1-19-18-27(32(20(2)33)23-13-11-22(30)12-14-23)25-6-3-4-7-26(25)31(19)29(36)21-9-15-24(16-10-21)37-17-5-8-28(34)35;1-15-12-22(28(16(2)29)19-10-8-17(25)9-11-19)20-6-4-5-7-21(20)27(15)24(30)23-13-18(14-31-3)26-32-23/h5-16,22,28,31H,4,17-21H2,1-3H3;3-14,22,30H,15-21H2,1-2H3;3-4,6-7,9-16,19,27H,5,8,17-18H2,1-2H3,(H,34,35);4-11,13,15,22H,12,14H2,1-3H3/t22-,31+;22-,30+;19-,27+;15-,22+/m0000/s1. The van der Waals surface area contributed by atoms with E-state index in [9.17, 15) is 47.9 Å². The van der Waals surface area contributed by atoms with Crippen LogP contribution in [0.25, 0.3) is 0 Å². The molecule has 7 heterocycles. The molecule has 8 atom stereocenters. The molecule has 782 valence electrons. The van der Waals surface area contributed by atoms with Crippen LogP contribution in [0.2, 0.25) is 20.1 Å². The van der Waals surface area contributed by atoms with E-state index >= 15 is 0 Å². The monoisotopic (exact) mass is 2110 g/mol. The number of methoxy groups -OCH3 is 1. The number of carboxylic acids is 1. The second-order valence-electron chi connectivity index (χ2n) is 37.6. The van der Waals surface area contributed by atoms with Crippen molar-refractivity contribution in [3.8, 4) is 17.2 Å². The van der Waals surface area contributed by atoms with Gasteiger partial charge in [0, 0.05) is 199 Å². The molecule has 0 spiro atoms. The summed E-state index contributed by atoms with van der Waals surface area (Å²) in [6.07, 6.45) is 3.91. The number of carbonyl (C=O) groups excluding carboxylic acids is 9. The SMILES string of the molecule is CC(=O)N(c1ccc(Cl)cc1)[C@@H]1C[C@H](C)N(C(=O)c2ccc(OCCCC(=O)O)cc2)c2ccccc21.CC(=O)N(c1ccc(Cl)cc1)[C@@H]1C[C@H](C)N(C(=O)c2ccc(OCCN3CCOCC3)cc2)c2ccccc21.CCOC(=O)N1CCC(Oc2ccc(C(=O)N3c4ccccc4[C@H](N(C(C)=O)c4ccc(Cl)cc4)C[C@@H]3C)cc2)CC1.COCc1cc(C(=O)N2c3ccccc3[C@H](N(C(C)=O)c3ccc(Cl)cc3)C[C@@H]2C)on1. The number of ether oxygens (including phenoxy) is 6. The van der Waals surface area contributed by atoms with Crippen molar-refractivity contribution in [2.24, 2.45) is 0 Å². The van der Waals surface area contributed by atoms with Gasteiger partial charge >= 0.3 is 12.1 Å². The summed E-state index contributed by atoms with van der Waals surface area (Å²) in [5, 5.41) is 15.1. The first-order chi connectivity index (χ1) is 72.3. The van der Waals surface area contributed by atoms with E-state index < -0.39 is 5.97 Å². The quantitative estimate of drug-likeness (QED) is 0.0492. The number of carbonyl (C=O) groups is 10. The fourth-order valence-electron chi connectivity index (χ4n) is 20.4. The maximum Gasteiger partial charge on any atom is 0.409 e. The summed E-state index contributed by atoms with van der Waals surface area (Å²) >= 11 is 24.3. The van der Waals surface area contributed by atoms with Gasteiger partial charge in [0.2, 0.25) is 29.4 Å². The number of benzene rings is 11. The number of likely N-dealkylation sites (tertiary alicyclic amines) is 1. The van der Waals surface area contributed by atoms with Crippen LogP contribution in [0, 0.1) is 0 Å². The molecule has 2 saturated heterocycles. The third-order valence-electron chi connectivity index (χ3n) is 27.4. The van der Waals surface area contributed by atoms with Crippen LogP contribution >= 0.6 is 46.4 Å². The van der Waals surface area contributed by atoms with Crippen molar-refractivity contribution in [2.45, 2.75) is 175 Å². The van der Waals surface area contributed by atoms with Crippen molar-refractivity contribution < 1.29 is 86.0 Å². The van der Waals surface area contributed by atoms with Gasteiger partial charge in [-0.15, -0.1) is 0 Å². The first-order valence-corrected chi connectivity index (χ1v) is 51.9. The largest absolute Gasteiger partial charge is 0.494 e. The van der Waals surface area contributed by atoms with Crippen molar-refractivity contribution in [1.29, 1.82) is 0 Å². The Bertz CT molecular complexity index is 6720. The van der Waals surface area contributed by atoms with Crippen molar-refractivity contribution in [3.63, 3.8) is 0 Å². The summed E-state index contributed by atoms with van der Waals surface area (Å²) in [5.74, 6) is 0.384. The van der Waals surface area contributed by atoms with Gasteiger partial charge in [-0.2, -0.15) is 0 Å². The summed E-state index contributed by atoms with van der Waals surface area (Å²) in [5.41, 5.74) is 12.0. The van der Waals surface area contributed by atoms with Crippen molar-refractivity contribution >= 4 is 151 Å². The third-order valence-corrected chi connectivity index (χ3v) is 28.4. The number of aliphatic carboxylic acids is 1. The third kappa shape index (κ3) is 26.5. The van der Waals surface area contributed by atoms with Gasteiger partial charge in [-0.05, 0) is 283 Å². The van der Waals surface area contributed by atoms with Gasteiger partial charge in [-0.1, -0.05) is 124 Å². The highest BCUT2D eigenvalue weighted by Gasteiger charge is 2.45. The molecular weight excluding hydrogens is 1990 g/mol. The molecule has 1 N–H and O–H groups in total. The van der Waals surface area contributed by atoms with Gasteiger partial charge in [0.05, 0.1) is 57.2 Å². The average molecular weight is 2110 g/mol. The number of hydrogen-bond donors (Lipinski definition) is 1. The van der Waals surface area contributed by atoms with Gasteiger partial charge in [-0.25, -0.2) is 4.79 Å². The van der Waals surface area contributed by atoms with Crippen LogP contribution in [-0.2, 0) is 44.8 Å². The van der Waals surface area contributed by atoms with E-state index in [1.165, 1.54) is 0 Å². The molecule has 0 bridgehead atoms. The number of carboxylic acid groups (broad SMARTS) is 1. The zero-order chi connectivity index (χ0) is 107. The lowest BCUT2D eigenvalue weighted by atomic mass is 9.89. The fraction of sp³-hybridized carbons (Fsp3) is 0.325. The number of hydrogen-bond acceptors (Lipinski definition) is 19. The normalized spacial score (nSPS) is 18.1. The minimum atomic E-state index is -0.859. The molecule has 0 saturated carbocycles. The Morgan fingerprint density at radius 1 is 0.407 bits per heavy atom. The Labute approximate surface area is 893 Å². The molecule has 29 nitrogen and oxygen atoms in total. The summed E-state index contributed by atoms with van der Waals surface area (Å²) in [6.45, 7) is 23.0. The Kier molecular flexibility index (Phi) is 37.4. The number of rotatable bonds is 26. The first-order valence-electron chi connectivity index (χ1n) is 50.4. The van der Waals surface area contributed by atoms with Crippen LogP contribution in [0.15, 0.2) is 278 Å². The van der Waals surface area contributed by atoms with Gasteiger partial charge in [0.15, 0.2) is 0 Å². The van der Waals surface area contributed by atoms with Gasteiger partial charge < -0.3 is 82.1 Å². The highest BCUT2D eigenvalue weighted by molar-refractivity contribution is 6.32. The van der Waals surface area contributed by atoms with Gasteiger partial charge in [0.25, 0.3) is 23.6 Å². The molecular formula is C117H123Cl4N11O18. The van der Waals surface area contributed by atoms with E-state index in [4.69, 9.17) is 84.5 Å². The van der Waals surface area contributed by atoms with E-state index in [0.717, 1.165) is 119 Å². The predicted molar refractivity (Wildman–Crippen MR) is 583 cm³/mol. The summed E-state index contributed by atoms with van der Waals surface area (Å²) in [7, 11) is 1.56. The van der Waals surface area contributed by atoms with E-state index in [1.54, 1.807) is 167 Å². The molecule has 1 aromatic heterocycles. The average Bonchev–Trinajstić information content (AvgIpc) is 0.790. The molecule has 0 radical (unpaired) electrons. The zero-order valence-electron chi connectivity index (χ0n) is 85.4. The molecule has 6 aliphatic rings. The number of halogens is 4. The van der Waals surface area contributed by atoms with Crippen molar-refractivity contribution in [3.05, 3.63) is 343 Å². The summed E-state index contributed by atoms with van der Waals surface area (Å²) < 4.78 is 38.5. The number of fused-ring (bicyclic) bond motifs is 4. The maximum absolute atomic E-state index is 13.9. The molecule has 11 aromatic carbocycles. The van der Waals surface area contributed by atoms with E-state index in [-0.39, 0.29) is 133 Å². The van der Waals surface area contributed by atoms with E-state index in [2.05, 4.69) is 10.1 Å². The lowest BCUT2D eigenvalue weighted by Gasteiger charge is -2.43. The zero-order valence-corrected chi connectivity index (χ0v) is 88.5. The molecule has 9 amide bonds. The number of amides is 9. The predicted octanol–water partition coefficient (Wildman–Crippen LogP) is 23.6. The second kappa shape index (κ2) is 51.2.